The van der Waals surface area contributed by atoms with Crippen LogP contribution in [-0.4, -0.2) is 52.4 Å². The summed E-state index contributed by atoms with van der Waals surface area (Å²) < 4.78 is 2.70. The van der Waals surface area contributed by atoms with Crippen molar-refractivity contribution < 1.29 is 14.4 Å². The molecule has 2 aliphatic rings. The molecule has 2 unspecified atom stereocenters. The lowest BCUT2D eigenvalue weighted by Crippen LogP contribution is -2.61. The van der Waals surface area contributed by atoms with Crippen molar-refractivity contribution in [2.45, 2.75) is 50.2 Å². The van der Waals surface area contributed by atoms with Gasteiger partial charge in [0.05, 0.1) is 11.6 Å². The first-order valence-corrected chi connectivity index (χ1v) is 13.6. The van der Waals surface area contributed by atoms with E-state index in [0.29, 0.717) is 24.6 Å². The number of amides is 3. The Morgan fingerprint density at radius 2 is 1.78 bits per heavy atom. The molecule has 2 heterocycles. The monoisotopic (exact) mass is 562 g/mol. The van der Waals surface area contributed by atoms with Crippen molar-refractivity contribution >= 4 is 44.6 Å². The second-order valence-corrected chi connectivity index (χ2v) is 10.8. The minimum atomic E-state index is -0.154. The van der Waals surface area contributed by atoms with Gasteiger partial charge in [-0.3, -0.25) is 14.4 Å². The quantitative estimate of drug-likeness (QED) is 0.419. The molecule has 1 aromatic heterocycles. The van der Waals surface area contributed by atoms with Crippen molar-refractivity contribution in [3.63, 3.8) is 0 Å². The minimum absolute atomic E-state index is 0.0670. The van der Waals surface area contributed by atoms with E-state index in [-0.39, 0.29) is 36.3 Å². The van der Waals surface area contributed by atoms with Crippen LogP contribution in [0.4, 0.5) is 0 Å². The van der Waals surface area contributed by atoms with Gasteiger partial charge in [0.1, 0.15) is 6.54 Å². The predicted molar refractivity (Wildman–Crippen MR) is 147 cm³/mol. The molecule has 2 N–H and O–H groups in total. The number of hydrogen-bond donors (Lipinski definition) is 2. The molecular weight excluding hydrogens is 532 g/mol. The smallest absolute Gasteiger partial charge is 0.253 e. The Morgan fingerprint density at radius 1 is 1.03 bits per heavy atom. The lowest BCUT2D eigenvalue weighted by molar-refractivity contribution is -0.133. The lowest BCUT2D eigenvalue weighted by atomic mass is 9.80. The fourth-order valence-electron chi connectivity index (χ4n) is 5.54. The number of fused-ring (bicyclic) bond motifs is 1. The Kier molecular flexibility index (Phi) is 7.46. The molecule has 37 heavy (non-hydrogen) atoms. The fraction of sp³-hybridized carbons (Fsp3) is 0.345. The van der Waals surface area contributed by atoms with Crippen LogP contribution in [0, 0.1) is 0 Å². The number of nitrogens with one attached hydrogen (secondary N) is 2. The zero-order valence-electron chi connectivity index (χ0n) is 20.7. The van der Waals surface area contributed by atoms with Crippen LogP contribution in [0.5, 0.6) is 0 Å². The number of carbonyl (C=O) groups is 3. The molecule has 7 nitrogen and oxygen atoms in total. The minimum Gasteiger partial charge on any atom is -0.349 e. The first kappa shape index (κ1) is 25.3. The number of halogens is 1. The first-order chi connectivity index (χ1) is 17.9. The molecule has 1 saturated heterocycles. The molecule has 1 aliphatic carbocycles. The Bertz CT molecular complexity index is 1330. The van der Waals surface area contributed by atoms with Crippen molar-refractivity contribution in [3.05, 3.63) is 83.0 Å². The normalized spacial score (nSPS) is 19.8. The van der Waals surface area contributed by atoms with Gasteiger partial charge in [-0.15, -0.1) is 0 Å². The summed E-state index contributed by atoms with van der Waals surface area (Å²) in [5.74, 6) is -0.109. The number of rotatable bonds is 7. The van der Waals surface area contributed by atoms with Gasteiger partial charge in [-0.1, -0.05) is 65.7 Å². The van der Waals surface area contributed by atoms with E-state index in [9.17, 15) is 14.4 Å². The van der Waals surface area contributed by atoms with Crippen molar-refractivity contribution in [1.82, 2.24) is 20.1 Å². The molecule has 5 rings (SSSR count). The van der Waals surface area contributed by atoms with Crippen molar-refractivity contribution in [3.8, 4) is 0 Å². The molecule has 0 radical (unpaired) electrons. The number of likely N-dealkylation sites (tertiary alicyclic amines) is 1. The average molecular weight is 563 g/mol. The van der Waals surface area contributed by atoms with Crippen molar-refractivity contribution in [2.24, 2.45) is 0 Å². The van der Waals surface area contributed by atoms with E-state index in [2.05, 4.69) is 57.4 Å². The maximum Gasteiger partial charge on any atom is 0.253 e. The van der Waals surface area contributed by atoms with Crippen LogP contribution in [0.15, 0.2) is 71.9 Å². The Balaban J connectivity index is 1.32. The second-order valence-electron chi connectivity index (χ2n) is 9.93. The molecule has 3 amide bonds. The van der Waals surface area contributed by atoms with Gasteiger partial charge in [0.25, 0.3) is 5.91 Å². The molecule has 0 spiro atoms. The van der Waals surface area contributed by atoms with Gasteiger partial charge < -0.3 is 20.1 Å². The van der Waals surface area contributed by atoms with Gasteiger partial charge in [0.2, 0.25) is 11.8 Å². The molecule has 192 valence electrons. The molecule has 8 heteroatoms. The highest BCUT2D eigenvalue weighted by Crippen LogP contribution is 2.34. The second kappa shape index (κ2) is 10.9. The van der Waals surface area contributed by atoms with E-state index in [0.717, 1.165) is 41.1 Å². The van der Waals surface area contributed by atoms with Gasteiger partial charge in [-0.05, 0) is 42.7 Å². The van der Waals surface area contributed by atoms with Crippen LogP contribution in [0.3, 0.4) is 0 Å². The van der Waals surface area contributed by atoms with Gasteiger partial charge in [0, 0.05) is 46.6 Å². The molecule has 1 aliphatic heterocycles. The maximum absolute atomic E-state index is 13.6. The SMILES string of the molecule is C=CC(=O)N1CC(NC(=O)Cn2cc(C(=O)NC3CCCCC3c3ccccc3)c3cc(Br)ccc32)C1. The highest BCUT2D eigenvalue weighted by molar-refractivity contribution is 9.10. The number of benzene rings is 2. The predicted octanol–water partition coefficient (Wildman–Crippen LogP) is 4.37. The first-order valence-electron chi connectivity index (χ1n) is 12.8. The molecule has 2 atom stereocenters. The van der Waals surface area contributed by atoms with E-state index in [1.54, 1.807) is 11.1 Å². The summed E-state index contributed by atoms with van der Waals surface area (Å²) in [5, 5.41) is 7.10. The zero-order chi connectivity index (χ0) is 25.9. The van der Waals surface area contributed by atoms with E-state index >= 15 is 0 Å². The summed E-state index contributed by atoms with van der Waals surface area (Å²) in [5.41, 5.74) is 2.65. The number of aromatic nitrogens is 1. The van der Waals surface area contributed by atoms with Crippen LogP contribution < -0.4 is 10.6 Å². The third-order valence-corrected chi connectivity index (χ3v) is 7.94. The summed E-state index contributed by atoms with van der Waals surface area (Å²) in [4.78, 5) is 39.7. The number of hydrogen-bond acceptors (Lipinski definition) is 3. The van der Waals surface area contributed by atoms with E-state index in [1.807, 2.05) is 28.8 Å². The number of carbonyl (C=O) groups excluding carboxylic acids is 3. The number of nitrogens with zero attached hydrogens (tertiary/aromatic N) is 2. The fourth-order valence-corrected chi connectivity index (χ4v) is 5.90. The van der Waals surface area contributed by atoms with E-state index in [4.69, 9.17) is 0 Å². The van der Waals surface area contributed by atoms with Crippen molar-refractivity contribution in [1.29, 1.82) is 0 Å². The van der Waals surface area contributed by atoms with E-state index in [1.165, 1.54) is 11.6 Å². The van der Waals surface area contributed by atoms with Crippen LogP contribution in [0.25, 0.3) is 10.9 Å². The van der Waals surface area contributed by atoms with Gasteiger partial charge in [-0.25, -0.2) is 0 Å². The molecule has 1 saturated carbocycles. The maximum atomic E-state index is 13.6. The molecule has 0 bridgehead atoms. The molecule has 2 aromatic carbocycles. The average Bonchev–Trinajstić information content (AvgIpc) is 3.23. The Labute approximate surface area is 225 Å². The van der Waals surface area contributed by atoms with Crippen molar-refractivity contribution in [2.75, 3.05) is 13.1 Å². The summed E-state index contributed by atoms with van der Waals surface area (Å²) in [6.45, 7) is 4.55. The third-order valence-electron chi connectivity index (χ3n) is 7.44. The third kappa shape index (κ3) is 5.49. The Hall–Kier alpha value is -3.39. The zero-order valence-corrected chi connectivity index (χ0v) is 22.2. The molecule has 2 fully saturated rings. The largest absolute Gasteiger partial charge is 0.349 e. The Morgan fingerprint density at radius 3 is 2.54 bits per heavy atom. The standard InChI is InChI=1S/C29H31BrN4O3/c1-2-28(36)34-15-21(16-34)31-27(35)18-33-17-24(23-14-20(30)12-13-26(23)33)29(37)32-25-11-7-6-10-22(25)19-8-4-3-5-9-19/h2-5,8-9,12-14,17,21-22,25H,1,6-7,10-11,15-16,18H2,(H,31,35)(H,32,37). The van der Waals surface area contributed by atoms with Crippen LogP contribution in [-0.2, 0) is 16.1 Å². The topological polar surface area (TPSA) is 83.4 Å². The summed E-state index contributed by atoms with van der Waals surface area (Å²) in [6, 6.07) is 16.2. The highest BCUT2D eigenvalue weighted by Gasteiger charge is 2.31. The van der Waals surface area contributed by atoms with Gasteiger partial charge in [0.15, 0.2) is 0 Å². The van der Waals surface area contributed by atoms with E-state index < -0.39 is 0 Å². The van der Waals surface area contributed by atoms with Gasteiger partial charge >= 0.3 is 0 Å². The molecular formula is C29H31BrN4O3. The van der Waals surface area contributed by atoms with Crippen LogP contribution in [0.2, 0.25) is 0 Å². The summed E-state index contributed by atoms with van der Waals surface area (Å²) in [7, 11) is 0. The van der Waals surface area contributed by atoms with Crippen LogP contribution in [0.1, 0.15) is 47.5 Å². The van der Waals surface area contributed by atoms with Crippen LogP contribution >= 0.6 is 15.9 Å². The lowest BCUT2D eigenvalue weighted by Gasteiger charge is -2.38. The highest BCUT2D eigenvalue weighted by atomic mass is 79.9. The molecule has 3 aromatic rings. The summed E-state index contributed by atoms with van der Waals surface area (Å²) >= 11 is 3.53. The van der Waals surface area contributed by atoms with Gasteiger partial charge in [-0.2, -0.15) is 0 Å². The summed E-state index contributed by atoms with van der Waals surface area (Å²) in [6.07, 6.45) is 7.32.